The number of aliphatic carboxylic acids is 2. The number of hydrogen-bond donors (Lipinski definition) is 32. The van der Waals surface area contributed by atoms with E-state index >= 15 is 0 Å². The molecule has 34 nitrogen and oxygen atoms in total. The lowest BCUT2D eigenvalue weighted by Crippen LogP contribution is -2.48. The molecule has 32 N–H and O–H groups in total. The Morgan fingerprint density at radius 1 is 0.319 bits per heavy atom. The Morgan fingerprint density at radius 3 is 0.681 bits per heavy atom. The number of aliphatic hydroxyl groups excluding tert-OH is 10. The number of guanidine groups is 8. The van der Waals surface area contributed by atoms with E-state index < -0.39 is 74.0 Å². The molecule has 0 aliphatic carbocycles. The van der Waals surface area contributed by atoms with Crippen LogP contribution in [-0.2, 0) is 9.59 Å². The van der Waals surface area contributed by atoms with E-state index in [2.05, 4.69) is 63.8 Å². The maximum absolute atomic E-state index is 10.1. The summed E-state index contributed by atoms with van der Waals surface area (Å²) >= 11 is 23.3. The SMILES string of the molecule is N=C(NCCCCCCNC(=N)NC(=N)Nc1ccc(Cl)cc1)NC(=N)Nc1ccc(Cl)cc1.N=C(NCCCCCCNC(=N)NC(=N)Nc1ccc(Cl)cc1)NC(=N)Nc1ccc(Cl)cc1.O=C(O)[C@H](O)[C@@H](O)[C@H](O)[C@H](O)CO.O=C(O)[C@H](O)[C@@H](O)[C@H](O)[C@H](O)CO. The highest BCUT2D eigenvalue weighted by Crippen LogP contribution is 2.16. The summed E-state index contributed by atoms with van der Waals surface area (Å²) < 4.78 is 0. The zero-order chi connectivity index (χ0) is 70.7. The van der Waals surface area contributed by atoms with E-state index in [4.69, 9.17) is 151 Å². The maximum Gasteiger partial charge on any atom is 0.335 e. The van der Waals surface area contributed by atoms with Crippen molar-refractivity contribution < 1.29 is 70.9 Å². The van der Waals surface area contributed by atoms with Crippen LogP contribution in [0.15, 0.2) is 97.1 Å². The van der Waals surface area contributed by atoms with Gasteiger partial charge in [0.25, 0.3) is 0 Å². The quantitative estimate of drug-likeness (QED) is 0.0217. The molecule has 94 heavy (non-hydrogen) atoms. The molecule has 4 rings (SSSR count). The van der Waals surface area contributed by atoms with Crippen molar-refractivity contribution >= 4 is 129 Å². The van der Waals surface area contributed by atoms with E-state index in [0.29, 0.717) is 69.0 Å². The van der Waals surface area contributed by atoms with Crippen molar-refractivity contribution in [1.29, 1.82) is 43.3 Å². The normalized spacial score (nSPS) is 12.9. The van der Waals surface area contributed by atoms with Crippen molar-refractivity contribution in [2.24, 2.45) is 0 Å². The van der Waals surface area contributed by atoms with E-state index in [1.807, 2.05) is 0 Å². The first-order valence-electron chi connectivity index (χ1n) is 28.4. The van der Waals surface area contributed by atoms with Crippen LogP contribution < -0.4 is 63.8 Å². The summed E-state index contributed by atoms with van der Waals surface area (Å²) in [5.41, 5.74) is 2.84. The molecule has 0 saturated carbocycles. The van der Waals surface area contributed by atoms with Crippen LogP contribution in [-0.4, -0.2) is 209 Å². The molecule has 520 valence electrons. The molecule has 0 bridgehead atoms. The first-order valence-corrected chi connectivity index (χ1v) is 29.9. The summed E-state index contributed by atoms with van der Waals surface area (Å²) in [5, 5.41) is 203. The molecule has 8 atom stereocenters. The highest BCUT2D eigenvalue weighted by atomic mass is 35.5. The van der Waals surface area contributed by atoms with Gasteiger partial charge in [-0.05, 0) is 123 Å². The van der Waals surface area contributed by atoms with E-state index in [-0.39, 0.29) is 47.7 Å². The Bertz CT molecular complexity index is 2620. The van der Waals surface area contributed by atoms with Gasteiger partial charge in [0.15, 0.2) is 59.9 Å². The average Bonchev–Trinajstić information content (AvgIpc) is 1.26. The molecular weight excluding hydrogens is 1320 g/mol. The fraction of sp³-hybridized carbons (Fsp3) is 0.393. The molecule has 0 aliphatic heterocycles. The van der Waals surface area contributed by atoms with Crippen molar-refractivity contribution in [2.75, 3.05) is 60.7 Å². The molecule has 0 heterocycles. The number of aliphatic hydroxyl groups is 10. The summed E-state index contributed by atoms with van der Waals surface area (Å²) in [6, 6.07) is 27.8. The first-order chi connectivity index (χ1) is 44.5. The number of carboxylic acids is 2. The van der Waals surface area contributed by atoms with Crippen LogP contribution in [0.4, 0.5) is 22.7 Å². The lowest BCUT2D eigenvalue weighted by atomic mass is 10.0. The topological polar surface area (TPSA) is 612 Å². The second kappa shape index (κ2) is 47.4. The van der Waals surface area contributed by atoms with E-state index in [9.17, 15) is 9.59 Å². The molecule has 0 spiro atoms. The van der Waals surface area contributed by atoms with Crippen molar-refractivity contribution in [3.8, 4) is 0 Å². The number of nitrogens with one attached hydrogen (secondary N) is 20. The van der Waals surface area contributed by atoms with Gasteiger partial charge in [-0.3, -0.25) is 64.5 Å². The Labute approximate surface area is 560 Å². The molecule has 4 aromatic carbocycles. The van der Waals surface area contributed by atoms with Gasteiger partial charge < -0.3 is 104 Å². The molecule has 0 amide bonds. The van der Waals surface area contributed by atoms with E-state index in [1.165, 1.54) is 0 Å². The van der Waals surface area contributed by atoms with Crippen molar-refractivity contribution in [3.63, 3.8) is 0 Å². The highest BCUT2D eigenvalue weighted by molar-refractivity contribution is 6.31. The van der Waals surface area contributed by atoms with E-state index in [1.54, 1.807) is 97.1 Å². The van der Waals surface area contributed by atoms with Gasteiger partial charge in [0, 0.05) is 69.0 Å². The number of hydrogen-bond acceptors (Lipinski definition) is 20. The monoisotopic (exact) mass is 1400 g/mol. The Kier molecular flexibility index (Phi) is 42.2. The van der Waals surface area contributed by atoms with E-state index in [0.717, 1.165) is 51.4 Å². The summed E-state index contributed by atoms with van der Waals surface area (Å²) in [7, 11) is 0. The van der Waals surface area contributed by atoms with Gasteiger partial charge in [0.1, 0.15) is 36.6 Å². The summed E-state index contributed by atoms with van der Waals surface area (Å²) in [4.78, 5) is 20.2. The first kappa shape index (κ1) is 83.6. The Hall–Kier alpha value is -8.46. The predicted octanol–water partition coefficient (Wildman–Crippen LogP) is 1.36. The summed E-state index contributed by atoms with van der Waals surface area (Å²) in [6.07, 6.45) is -8.27. The fourth-order valence-corrected chi connectivity index (χ4v) is 7.41. The second-order valence-corrected chi connectivity index (χ2v) is 21.3. The van der Waals surface area contributed by atoms with Crippen LogP contribution >= 0.6 is 46.4 Å². The zero-order valence-electron chi connectivity index (χ0n) is 50.5. The van der Waals surface area contributed by atoms with Crippen molar-refractivity contribution in [3.05, 3.63) is 117 Å². The van der Waals surface area contributed by atoms with Crippen LogP contribution in [0.3, 0.4) is 0 Å². The third-order valence-electron chi connectivity index (χ3n) is 11.9. The predicted molar refractivity (Wildman–Crippen MR) is 361 cm³/mol. The number of rotatable bonds is 28. The minimum Gasteiger partial charge on any atom is -0.479 e. The Morgan fingerprint density at radius 2 is 0.511 bits per heavy atom. The lowest BCUT2D eigenvalue weighted by Gasteiger charge is -2.23. The largest absolute Gasteiger partial charge is 0.479 e. The zero-order valence-corrected chi connectivity index (χ0v) is 53.5. The third kappa shape index (κ3) is 38.5. The molecule has 38 heteroatoms. The van der Waals surface area contributed by atoms with Crippen LogP contribution in [0.2, 0.25) is 20.1 Å². The highest BCUT2D eigenvalue weighted by Gasteiger charge is 2.35. The lowest BCUT2D eigenvalue weighted by molar-refractivity contribution is -0.164. The van der Waals surface area contributed by atoms with Gasteiger partial charge in [-0.15, -0.1) is 0 Å². The minimum absolute atomic E-state index is 0.00148. The van der Waals surface area contributed by atoms with Crippen LogP contribution in [0.1, 0.15) is 51.4 Å². The molecular formula is C56H84Cl4N20O14. The standard InChI is InChI=1S/2C22H30Cl2N10.2C6H12O7/c2*23-15-5-9-17(10-6-15)31-21(27)33-19(25)29-13-3-1-2-4-14-30-20(26)34-22(28)32-18-11-7-16(24)8-12-18;2*7-1-2(8)3(9)4(10)5(11)6(12)13/h2*5-12H,1-4,13-14H2,(H5,25,27,29,31,33)(H5,26,28,30,32,34);2*2-5,7-11H,1H2,(H,12,13)/t;;2*2-,3-,4+,5-/m..11/s1. The van der Waals surface area contributed by atoms with Gasteiger partial charge in [-0.25, -0.2) is 9.59 Å². The molecule has 0 fully saturated rings. The molecule has 0 unspecified atom stereocenters. The molecule has 4 aromatic rings. The molecule has 0 saturated heterocycles. The number of benzene rings is 4. The van der Waals surface area contributed by atoms with Crippen LogP contribution in [0, 0.1) is 43.3 Å². The summed E-state index contributed by atoms with van der Waals surface area (Å²) in [6.45, 7) is 0.808. The van der Waals surface area contributed by atoms with Gasteiger partial charge in [-0.1, -0.05) is 72.1 Å². The number of carbonyl (C=O) groups is 2. The van der Waals surface area contributed by atoms with Crippen molar-refractivity contribution in [2.45, 2.75) is 100 Å². The second-order valence-electron chi connectivity index (χ2n) is 19.6. The van der Waals surface area contributed by atoms with Gasteiger partial charge in [0.2, 0.25) is 0 Å². The average molecular weight is 1400 g/mol. The van der Waals surface area contributed by atoms with Gasteiger partial charge >= 0.3 is 11.9 Å². The van der Waals surface area contributed by atoms with Gasteiger partial charge in [-0.2, -0.15) is 0 Å². The van der Waals surface area contributed by atoms with Crippen LogP contribution in [0.5, 0.6) is 0 Å². The molecule has 0 aromatic heterocycles. The van der Waals surface area contributed by atoms with Crippen molar-refractivity contribution in [1.82, 2.24) is 42.5 Å². The maximum atomic E-state index is 10.1. The van der Waals surface area contributed by atoms with Crippen LogP contribution in [0.25, 0.3) is 0 Å². The smallest absolute Gasteiger partial charge is 0.335 e. The number of anilines is 4. The number of halogens is 4. The van der Waals surface area contributed by atoms with Gasteiger partial charge in [0.05, 0.1) is 13.2 Å². The third-order valence-corrected chi connectivity index (χ3v) is 12.9. The fourth-order valence-electron chi connectivity index (χ4n) is 6.91. The minimum atomic E-state index is -2.20. The summed E-state index contributed by atoms with van der Waals surface area (Å²) in [5.74, 6) is -3.23. The molecule has 0 aliphatic rings. The number of unbranched alkanes of at least 4 members (excludes halogenated alkanes) is 6. The molecule has 0 radical (unpaired) electrons. The Balaban J connectivity index is 0.000000688. The number of carboxylic acid groups (broad SMARTS) is 2.